The van der Waals surface area contributed by atoms with Crippen molar-refractivity contribution in [3.8, 4) is 17.2 Å². The Morgan fingerprint density at radius 2 is 1.82 bits per heavy atom. The number of methoxy groups -OCH3 is 1. The number of carbonyl (C=O) groups is 1. The van der Waals surface area contributed by atoms with Crippen molar-refractivity contribution >= 4 is 16.9 Å². The van der Waals surface area contributed by atoms with Crippen LogP contribution in [0.2, 0.25) is 0 Å². The molecular weight excluding hydrogens is 364 g/mol. The Bertz CT molecular complexity index is 1010. The fourth-order valence-electron chi connectivity index (χ4n) is 2.65. The van der Waals surface area contributed by atoms with Crippen LogP contribution in [-0.2, 0) is 16.1 Å². The van der Waals surface area contributed by atoms with Crippen LogP contribution in [0.1, 0.15) is 18.4 Å². The van der Waals surface area contributed by atoms with Crippen molar-refractivity contribution in [2.24, 2.45) is 0 Å². The summed E-state index contributed by atoms with van der Waals surface area (Å²) < 4.78 is 20.9. The molecular formula is C21H20O7. The largest absolute Gasteiger partial charge is 0.508 e. The van der Waals surface area contributed by atoms with Crippen LogP contribution in [0, 0.1) is 0 Å². The van der Waals surface area contributed by atoms with Crippen LogP contribution in [0.25, 0.3) is 11.0 Å². The molecule has 0 aliphatic rings. The van der Waals surface area contributed by atoms with Crippen LogP contribution in [0.15, 0.2) is 57.7 Å². The number of carbonyl (C=O) groups excluding carboxylic acids is 1. The minimum absolute atomic E-state index is 0.0124. The van der Waals surface area contributed by atoms with Gasteiger partial charge in [0.2, 0.25) is 0 Å². The average molecular weight is 384 g/mol. The molecule has 0 spiro atoms. The van der Waals surface area contributed by atoms with Gasteiger partial charge < -0.3 is 23.7 Å². The normalized spacial score (nSPS) is 10.6. The van der Waals surface area contributed by atoms with Gasteiger partial charge in [0, 0.05) is 29.5 Å². The van der Waals surface area contributed by atoms with E-state index in [1.54, 1.807) is 37.4 Å². The smallest absolute Gasteiger partial charge is 0.336 e. The van der Waals surface area contributed by atoms with Gasteiger partial charge in [0.25, 0.3) is 0 Å². The second-order valence-electron chi connectivity index (χ2n) is 6.06. The fourth-order valence-corrected chi connectivity index (χ4v) is 2.65. The quantitative estimate of drug-likeness (QED) is 0.361. The number of esters is 1. The van der Waals surface area contributed by atoms with Gasteiger partial charge in [-0.25, -0.2) is 4.79 Å². The number of benzene rings is 2. The average Bonchev–Trinajstić information content (AvgIpc) is 2.69. The van der Waals surface area contributed by atoms with E-state index in [0.29, 0.717) is 29.7 Å². The van der Waals surface area contributed by atoms with Gasteiger partial charge in [0.15, 0.2) is 0 Å². The summed E-state index contributed by atoms with van der Waals surface area (Å²) in [6, 6.07) is 12.9. The van der Waals surface area contributed by atoms with E-state index in [1.807, 2.05) is 0 Å². The van der Waals surface area contributed by atoms with Crippen molar-refractivity contribution in [1.29, 1.82) is 0 Å². The lowest BCUT2D eigenvalue weighted by molar-refractivity contribution is -0.145. The third kappa shape index (κ3) is 5.03. The van der Waals surface area contributed by atoms with Gasteiger partial charge >= 0.3 is 11.6 Å². The molecule has 7 nitrogen and oxygen atoms in total. The van der Waals surface area contributed by atoms with E-state index in [1.165, 1.54) is 18.2 Å². The maximum absolute atomic E-state index is 12.0. The molecule has 1 N–H and O–H groups in total. The highest BCUT2D eigenvalue weighted by Gasteiger charge is 2.10. The number of hydrogen-bond acceptors (Lipinski definition) is 7. The maximum atomic E-state index is 12.0. The Morgan fingerprint density at radius 3 is 2.57 bits per heavy atom. The first-order valence-electron chi connectivity index (χ1n) is 8.73. The number of fused-ring (bicyclic) bond motifs is 1. The van der Waals surface area contributed by atoms with E-state index >= 15 is 0 Å². The number of hydrogen-bond donors (Lipinski definition) is 1. The number of phenolic OH excluding ortho intramolecular Hbond substituents is 1. The second-order valence-corrected chi connectivity index (χ2v) is 6.06. The Labute approximate surface area is 161 Å². The summed E-state index contributed by atoms with van der Waals surface area (Å²) in [6.07, 6.45) is 0.687. The lowest BCUT2D eigenvalue weighted by Crippen LogP contribution is -2.09. The number of aromatic hydroxyl groups is 1. The van der Waals surface area contributed by atoms with Gasteiger partial charge in [-0.15, -0.1) is 0 Å². The van der Waals surface area contributed by atoms with Crippen LogP contribution < -0.4 is 15.1 Å². The molecule has 0 fully saturated rings. The van der Waals surface area contributed by atoms with E-state index in [9.17, 15) is 14.7 Å². The molecule has 1 aromatic heterocycles. The molecule has 0 radical (unpaired) electrons. The van der Waals surface area contributed by atoms with E-state index in [0.717, 1.165) is 5.75 Å². The molecule has 3 aromatic rings. The second kappa shape index (κ2) is 8.94. The molecule has 146 valence electrons. The molecule has 0 aliphatic heterocycles. The Kier molecular flexibility index (Phi) is 6.16. The van der Waals surface area contributed by atoms with Crippen molar-refractivity contribution in [1.82, 2.24) is 0 Å². The first-order chi connectivity index (χ1) is 13.5. The molecule has 0 saturated carbocycles. The standard InChI is InChI=1S/C21H20O7/c1-25-16-5-7-17(8-6-16)26-10-2-3-20(23)27-13-14-11-21(24)28-19-12-15(22)4-9-18(14)19/h4-9,11-12,22H,2-3,10,13H2,1H3. The summed E-state index contributed by atoms with van der Waals surface area (Å²) in [7, 11) is 1.59. The van der Waals surface area contributed by atoms with Crippen LogP contribution in [0.5, 0.6) is 17.2 Å². The summed E-state index contributed by atoms with van der Waals surface area (Å²) in [5.74, 6) is 1.04. The van der Waals surface area contributed by atoms with Gasteiger partial charge in [-0.2, -0.15) is 0 Å². The van der Waals surface area contributed by atoms with E-state index in [4.69, 9.17) is 18.6 Å². The minimum Gasteiger partial charge on any atom is -0.508 e. The zero-order valence-electron chi connectivity index (χ0n) is 15.3. The third-order valence-electron chi connectivity index (χ3n) is 4.06. The molecule has 0 saturated heterocycles. The number of phenols is 1. The molecule has 1 heterocycles. The first kappa shape index (κ1) is 19.3. The minimum atomic E-state index is -0.572. The molecule has 0 aliphatic carbocycles. The van der Waals surface area contributed by atoms with Crippen molar-refractivity contribution in [3.63, 3.8) is 0 Å². The summed E-state index contributed by atoms with van der Waals surface area (Å²) in [5.41, 5.74) is 0.192. The zero-order chi connectivity index (χ0) is 19.9. The van der Waals surface area contributed by atoms with Crippen LogP contribution >= 0.6 is 0 Å². The first-order valence-corrected chi connectivity index (χ1v) is 8.73. The Balaban J connectivity index is 1.48. The number of ether oxygens (including phenoxy) is 3. The molecule has 7 heteroatoms. The fraction of sp³-hybridized carbons (Fsp3) is 0.238. The van der Waals surface area contributed by atoms with Gasteiger partial charge in [0.05, 0.1) is 13.7 Å². The highest BCUT2D eigenvalue weighted by atomic mass is 16.5. The molecule has 0 bridgehead atoms. The summed E-state index contributed by atoms with van der Waals surface area (Å²) >= 11 is 0. The molecule has 0 amide bonds. The molecule has 28 heavy (non-hydrogen) atoms. The predicted molar refractivity (Wildman–Crippen MR) is 102 cm³/mol. The van der Waals surface area contributed by atoms with Gasteiger partial charge in [-0.3, -0.25) is 4.79 Å². The van der Waals surface area contributed by atoms with E-state index in [-0.39, 0.29) is 24.4 Å². The van der Waals surface area contributed by atoms with Crippen molar-refractivity contribution in [2.75, 3.05) is 13.7 Å². The SMILES string of the molecule is COc1ccc(OCCCC(=O)OCc2cc(=O)oc3cc(O)ccc23)cc1. The highest BCUT2D eigenvalue weighted by molar-refractivity contribution is 5.81. The van der Waals surface area contributed by atoms with Crippen LogP contribution in [0.3, 0.4) is 0 Å². The molecule has 0 atom stereocenters. The van der Waals surface area contributed by atoms with E-state index < -0.39 is 11.6 Å². The van der Waals surface area contributed by atoms with E-state index in [2.05, 4.69) is 0 Å². The Morgan fingerprint density at radius 1 is 1.07 bits per heavy atom. The van der Waals surface area contributed by atoms with Gasteiger partial charge in [-0.1, -0.05) is 0 Å². The maximum Gasteiger partial charge on any atom is 0.336 e. The summed E-state index contributed by atoms with van der Waals surface area (Å²) in [5, 5.41) is 10.1. The number of rotatable bonds is 8. The van der Waals surface area contributed by atoms with Crippen molar-refractivity contribution in [2.45, 2.75) is 19.4 Å². The zero-order valence-corrected chi connectivity index (χ0v) is 15.3. The van der Waals surface area contributed by atoms with Gasteiger partial charge in [-0.05, 0) is 42.8 Å². The topological polar surface area (TPSA) is 95.2 Å². The lowest BCUT2D eigenvalue weighted by atomic mass is 10.1. The monoisotopic (exact) mass is 384 g/mol. The molecule has 0 unspecified atom stereocenters. The summed E-state index contributed by atoms with van der Waals surface area (Å²) in [4.78, 5) is 23.6. The van der Waals surface area contributed by atoms with Crippen LogP contribution in [-0.4, -0.2) is 24.8 Å². The van der Waals surface area contributed by atoms with Gasteiger partial charge in [0.1, 0.15) is 29.4 Å². The third-order valence-corrected chi connectivity index (χ3v) is 4.06. The Hall–Kier alpha value is -3.48. The van der Waals surface area contributed by atoms with Crippen molar-refractivity contribution in [3.05, 3.63) is 64.5 Å². The predicted octanol–water partition coefficient (Wildman–Crippen LogP) is 3.41. The van der Waals surface area contributed by atoms with Crippen LogP contribution in [0.4, 0.5) is 0 Å². The highest BCUT2D eigenvalue weighted by Crippen LogP contribution is 2.22. The molecule has 3 rings (SSSR count). The summed E-state index contributed by atoms with van der Waals surface area (Å²) in [6.45, 7) is 0.323. The van der Waals surface area contributed by atoms with Crippen molar-refractivity contribution < 1.29 is 28.5 Å². The molecule has 2 aromatic carbocycles. The lowest BCUT2D eigenvalue weighted by Gasteiger charge is -2.08.